The Kier molecular flexibility index (Phi) is 4.56. The van der Waals surface area contributed by atoms with Gasteiger partial charge in [0, 0.05) is 10.4 Å². The van der Waals surface area contributed by atoms with Crippen molar-refractivity contribution in [1.82, 2.24) is 0 Å². The molecule has 0 aliphatic heterocycles. The second kappa shape index (κ2) is 6.86. The van der Waals surface area contributed by atoms with E-state index < -0.39 is 0 Å². The van der Waals surface area contributed by atoms with E-state index in [1.165, 1.54) is 54.3 Å². The maximum atomic E-state index is 2.31. The smallest absolute Gasteiger partial charge is 0.0526 e. The highest BCUT2D eigenvalue weighted by Gasteiger charge is 2.18. The van der Waals surface area contributed by atoms with Gasteiger partial charge in [-0.15, -0.1) is 22.7 Å². The van der Waals surface area contributed by atoms with Gasteiger partial charge in [0.1, 0.15) is 0 Å². The molecule has 0 N–H and O–H groups in total. The van der Waals surface area contributed by atoms with E-state index in [0.29, 0.717) is 0 Å². The molecule has 2 heteroatoms. The molecule has 0 radical (unpaired) electrons. The summed E-state index contributed by atoms with van der Waals surface area (Å²) in [5.41, 5.74) is 10.7. The van der Waals surface area contributed by atoms with Crippen molar-refractivity contribution in [3.05, 3.63) is 81.5 Å². The number of thiophene rings is 2. The van der Waals surface area contributed by atoms with E-state index in [0.717, 1.165) is 0 Å². The Morgan fingerprint density at radius 3 is 1.73 bits per heavy atom. The second-order valence-corrected chi connectivity index (χ2v) is 8.72. The van der Waals surface area contributed by atoms with Crippen LogP contribution >= 0.6 is 22.7 Å². The molecule has 2 aromatic carbocycles. The van der Waals surface area contributed by atoms with Crippen LogP contribution in [0.1, 0.15) is 22.3 Å². The van der Waals surface area contributed by atoms with Gasteiger partial charge in [0.15, 0.2) is 0 Å². The van der Waals surface area contributed by atoms with Gasteiger partial charge in [-0.1, -0.05) is 59.7 Å². The fourth-order valence-corrected chi connectivity index (χ4v) is 5.75. The number of hydrogen-bond donors (Lipinski definition) is 0. The Labute approximate surface area is 163 Å². The lowest BCUT2D eigenvalue weighted by molar-refractivity contribution is 1.45. The largest absolute Gasteiger partial charge is 0.142 e. The summed E-state index contributed by atoms with van der Waals surface area (Å²) in [7, 11) is 0. The second-order valence-electron chi connectivity index (χ2n) is 6.96. The predicted octanol–water partition coefficient (Wildman–Crippen LogP) is 8.04. The van der Waals surface area contributed by atoms with Crippen molar-refractivity contribution in [3.8, 4) is 32.0 Å². The molecule has 0 aliphatic rings. The van der Waals surface area contributed by atoms with Crippen molar-refractivity contribution >= 4 is 22.7 Å². The van der Waals surface area contributed by atoms with Crippen LogP contribution in [0.5, 0.6) is 0 Å². The van der Waals surface area contributed by atoms with Gasteiger partial charge in [0.2, 0.25) is 0 Å². The summed E-state index contributed by atoms with van der Waals surface area (Å²) in [6.45, 7) is 8.76. The molecule has 0 bridgehead atoms. The third kappa shape index (κ3) is 3.04. The zero-order valence-electron chi connectivity index (χ0n) is 15.6. The van der Waals surface area contributed by atoms with E-state index in [-0.39, 0.29) is 0 Å². The van der Waals surface area contributed by atoms with Crippen LogP contribution in [0.3, 0.4) is 0 Å². The fourth-order valence-electron chi connectivity index (χ4n) is 3.35. The van der Waals surface area contributed by atoms with E-state index in [4.69, 9.17) is 0 Å². The topological polar surface area (TPSA) is 0 Å². The molecule has 0 saturated carbocycles. The lowest BCUT2D eigenvalue weighted by atomic mass is 9.98. The van der Waals surface area contributed by atoms with Crippen molar-refractivity contribution in [2.24, 2.45) is 0 Å². The molecule has 0 atom stereocenters. The number of benzene rings is 2. The summed E-state index contributed by atoms with van der Waals surface area (Å²) < 4.78 is 0. The van der Waals surface area contributed by atoms with E-state index in [9.17, 15) is 0 Å². The van der Waals surface area contributed by atoms with E-state index >= 15 is 0 Å². The van der Waals surface area contributed by atoms with E-state index in [1.807, 2.05) is 22.7 Å². The normalized spacial score (nSPS) is 11.1. The molecule has 4 rings (SSSR count). The summed E-state index contributed by atoms with van der Waals surface area (Å²) in [4.78, 5) is 2.79. The molecule has 130 valence electrons. The highest BCUT2D eigenvalue weighted by molar-refractivity contribution is 7.21. The SMILES string of the molecule is Cc1ccc(-c2csc(-c3scc(C)c3-c3ccc(C)cc3)c2C)cc1. The Morgan fingerprint density at radius 2 is 1.12 bits per heavy atom. The Hall–Kier alpha value is -2.16. The summed E-state index contributed by atoms with van der Waals surface area (Å²) in [5, 5.41) is 4.60. The van der Waals surface area contributed by atoms with Crippen molar-refractivity contribution in [3.63, 3.8) is 0 Å². The molecule has 26 heavy (non-hydrogen) atoms. The standard InChI is InChI=1S/C24H22S2/c1-15-5-9-19(10-6-15)21-14-26-23(18(21)4)24-22(17(3)13-25-24)20-11-7-16(2)8-12-20/h5-14H,1-4H3. The summed E-state index contributed by atoms with van der Waals surface area (Å²) >= 11 is 3.73. The molecular weight excluding hydrogens is 352 g/mol. The minimum absolute atomic E-state index is 1.30. The Morgan fingerprint density at radius 1 is 0.577 bits per heavy atom. The van der Waals surface area contributed by atoms with Crippen molar-refractivity contribution < 1.29 is 0 Å². The number of aryl methyl sites for hydroxylation is 3. The minimum atomic E-state index is 1.30. The van der Waals surface area contributed by atoms with Crippen LogP contribution in [0, 0.1) is 27.7 Å². The van der Waals surface area contributed by atoms with Gasteiger partial charge < -0.3 is 0 Å². The third-order valence-electron chi connectivity index (χ3n) is 4.92. The molecule has 0 unspecified atom stereocenters. The van der Waals surface area contributed by atoms with E-state index in [1.54, 1.807) is 0 Å². The minimum Gasteiger partial charge on any atom is -0.142 e. The van der Waals surface area contributed by atoms with Crippen LogP contribution < -0.4 is 0 Å². The van der Waals surface area contributed by atoms with Crippen LogP contribution in [0.15, 0.2) is 59.3 Å². The molecular formula is C24H22S2. The van der Waals surface area contributed by atoms with Crippen LogP contribution in [-0.2, 0) is 0 Å². The molecule has 0 fully saturated rings. The van der Waals surface area contributed by atoms with Crippen LogP contribution in [0.25, 0.3) is 32.0 Å². The molecule has 0 aliphatic carbocycles. The molecule has 0 amide bonds. The van der Waals surface area contributed by atoms with Crippen LogP contribution in [-0.4, -0.2) is 0 Å². The predicted molar refractivity (Wildman–Crippen MR) is 117 cm³/mol. The van der Waals surface area contributed by atoms with Crippen LogP contribution in [0.4, 0.5) is 0 Å². The van der Waals surface area contributed by atoms with Crippen molar-refractivity contribution in [1.29, 1.82) is 0 Å². The van der Waals surface area contributed by atoms with Gasteiger partial charge in [-0.05, 0) is 66.3 Å². The Balaban J connectivity index is 1.83. The first kappa shape index (κ1) is 17.3. The van der Waals surface area contributed by atoms with Gasteiger partial charge in [0.05, 0.1) is 4.88 Å². The fraction of sp³-hybridized carbons (Fsp3) is 0.167. The van der Waals surface area contributed by atoms with Crippen molar-refractivity contribution in [2.75, 3.05) is 0 Å². The average molecular weight is 375 g/mol. The molecule has 0 saturated heterocycles. The summed E-state index contributed by atoms with van der Waals surface area (Å²) in [6.07, 6.45) is 0. The Bertz CT molecular complexity index is 1040. The summed E-state index contributed by atoms with van der Waals surface area (Å²) in [6, 6.07) is 17.8. The molecule has 2 heterocycles. The van der Waals surface area contributed by atoms with Crippen molar-refractivity contribution in [2.45, 2.75) is 27.7 Å². The highest BCUT2D eigenvalue weighted by atomic mass is 32.1. The van der Waals surface area contributed by atoms with Gasteiger partial charge in [-0.3, -0.25) is 0 Å². The maximum Gasteiger partial charge on any atom is 0.0526 e. The zero-order chi connectivity index (χ0) is 18.3. The third-order valence-corrected chi connectivity index (χ3v) is 7.27. The maximum absolute atomic E-state index is 2.31. The first-order chi connectivity index (χ1) is 12.5. The van der Waals surface area contributed by atoms with E-state index in [2.05, 4.69) is 87.0 Å². The lowest BCUT2D eigenvalue weighted by Gasteiger charge is -2.08. The first-order valence-corrected chi connectivity index (χ1v) is 10.6. The lowest BCUT2D eigenvalue weighted by Crippen LogP contribution is -1.84. The van der Waals surface area contributed by atoms with Crippen LogP contribution in [0.2, 0.25) is 0 Å². The molecule has 0 nitrogen and oxygen atoms in total. The number of hydrogen-bond acceptors (Lipinski definition) is 2. The zero-order valence-corrected chi connectivity index (χ0v) is 17.2. The monoisotopic (exact) mass is 374 g/mol. The molecule has 0 spiro atoms. The number of rotatable bonds is 3. The quantitative estimate of drug-likeness (QED) is 0.340. The van der Waals surface area contributed by atoms with Gasteiger partial charge in [-0.25, -0.2) is 0 Å². The van der Waals surface area contributed by atoms with Gasteiger partial charge in [-0.2, -0.15) is 0 Å². The average Bonchev–Trinajstić information content (AvgIpc) is 3.19. The van der Waals surface area contributed by atoms with Gasteiger partial charge in [0.25, 0.3) is 0 Å². The van der Waals surface area contributed by atoms with Gasteiger partial charge >= 0.3 is 0 Å². The highest BCUT2D eigenvalue weighted by Crippen LogP contribution is 2.46. The molecule has 2 aromatic heterocycles. The first-order valence-electron chi connectivity index (χ1n) is 8.85. The molecule has 4 aromatic rings. The summed E-state index contributed by atoms with van der Waals surface area (Å²) in [5.74, 6) is 0.